The van der Waals surface area contributed by atoms with Gasteiger partial charge in [-0.3, -0.25) is 0 Å². The van der Waals surface area contributed by atoms with E-state index in [0.29, 0.717) is 22.2 Å². The molecule has 6 heteroatoms. The first kappa shape index (κ1) is 12.0. The predicted molar refractivity (Wildman–Crippen MR) is 68.4 cm³/mol. The third-order valence-corrected chi connectivity index (χ3v) is 2.58. The highest BCUT2D eigenvalue weighted by molar-refractivity contribution is 6.31. The van der Waals surface area contributed by atoms with Crippen molar-refractivity contribution in [2.75, 3.05) is 11.1 Å². The Morgan fingerprint density at radius 2 is 2.00 bits per heavy atom. The lowest BCUT2D eigenvalue weighted by atomic mass is 10.3. The van der Waals surface area contributed by atoms with Gasteiger partial charge in [-0.25, -0.2) is 9.37 Å². The molecule has 0 aliphatic heterocycles. The number of aromatic nitrogens is 1. The van der Waals surface area contributed by atoms with E-state index in [-0.39, 0.29) is 5.02 Å². The minimum atomic E-state index is -0.510. The molecular weight excluding hydrogens is 264 g/mol. The quantitative estimate of drug-likeness (QED) is 0.872. The van der Waals surface area contributed by atoms with Crippen LogP contribution in [0.25, 0.3) is 0 Å². The smallest absolute Gasteiger partial charge is 0.153 e. The molecule has 2 aromatic rings. The zero-order valence-corrected chi connectivity index (χ0v) is 10.1. The van der Waals surface area contributed by atoms with Crippen molar-refractivity contribution in [3.05, 3.63) is 46.3 Å². The lowest BCUT2D eigenvalue weighted by molar-refractivity contribution is 0.629. The van der Waals surface area contributed by atoms with Gasteiger partial charge in [0, 0.05) is 11.9 Å². The average molecular weight is 272 g/mol. The zero-order valence-electron chi connectivity index (χ0n) is 8.55. The molecule has 3 N–H and O–H groups in total. The largest absolute Gasteiger partial charge is 0.396 e. The SMILES string of the molecule is Nc1cc(Cl)cnc1Nc1ccc(Cl)c(F)c1. The summed E-state index contributed by atoms with van der Waals surface area (Å²) in [5.74, 6) is -0.0969. The fraction of sp³-hybridized carbons (Fsp3) is 0. The second-order valence-electron chi connectivity index (χ2n) is 3.35. The first-order valence-corrected chi connectivity index (χ1v) is 5.45. The van der Waals surface area contributed by atoms with E-state index in [1.165, 1.54) is 18.3 Å². The molecule has 1 aromatic heterocycles. The van der Waals surface area contributed by atoms with Gasteiger partial charge >= 0.3 is 0 Å². The second-order valence-corrected chi connectivity index (χ2v) is 4.19. The summed E-state index contributed by atoms with van der Waals surface area (Å²) in [5, 5.41) is 3.38. The van der Waals surface area contributed by atoms with Crippen molar-refractivity contribution in [3.63, 3.8) is 0 Å². The molecule has 0 saturated carbocycles. The Morgan fingerprint density at radius 1 is 1.24 bits per heavy atom. The summed E-state index contributed by atoms with van der Waals surface area (Å²) in [6, 6.07) is 5.90. The summed E-state index contributed by atoms with van der Waals surface area (Å²) in [4.78, 5) is 4.00. The molecule has 88 valence electrons. The molecule has 3 nitrogen and oxygen atoms in total. The number of hydrogen-bond acceptors (Lipinski definition) is 3. The van der Waals surface area contributed by atoms with E-state index >= 15 is 0 Å². The molecule has 0 atom stereocenters. The number of benzene rings is 1. The first-order valence-electron chi connectivity index (χ1n) is 4.69. The van der Waals surface area contributed by atoms with Crippen LogP contribution in [0.2, 0.25) is 10.0 Å². The number of hydrogen-bond donors (Lipinski definition) is 2. The molecule has 0 aliphatic carbocycles. The number of halogens is 3. The Kier molecular flexibility index (Phi) is 3.36. The minimum absolute atomic E-state index is 0.0626. The summed E-state index contributed by atoms with van der Waals surface area (Å²) >= 11 is 11.3. The van der Waals surface area contributed by atoms with E-state index in [1.54, 1.807) is 12.1 Å². The van der Waals surface area contributed by atoms with Crippen LogP contribution in [0, 0.1) is 5.82 Å². The molecule has 0 unspecified atom stereocenters. The molecule has 1 aromatic carbocycles. The van der Waals surface area contributed by atoms with Crippen molar-refractivity contribution in [3.8, 4) is 0 Å². The molecule has 17 heavy (non-hydrogen) atoms. The van der Waals surface area contributed by atoms with Crippen LogP contribution in [0.5, 0.6) is 0 Å². The Labute approximate surface area is 107 Å². The Balaban J connectivity index is 2.28. The van der Waals surface area contributed by atoms with Crippen molar-refractivity contribution in [2.45, 2.75) is 0 Å². The summed E-state index contributed by atoms with van der Waals surface area (Å²) in [7, 11) is 0. The second kappa shape index (κ2) is 4.77. The topological polar surface area (TPSA) is 50.9 Å². The van der Waals surface area contributed by atoms with Crippen LogP contribution >= 0.6 is 23.2 Å². The fourth-order valence-corrected chi connectivity index (χ4v) is 1.55. The van der Waals surface area contributed by atoms with Crippen LogP contribution in [0.3, 0.4) is 0 Å². The van der Waals surface area contributed by atoms with Gasteiger partial charge in [0.05, 0.1) is 15.7 Å². The highest BCUT2D eigenvalue weighted by Gasteiger charge is 2.05. The van der Waals surface area contributed by atoms with Crippen LogP contribution in [0.1, 0.15) is 0 Å². The fourth-order valence-electron chi connectivity index (χ4n) is 1.27. The van der Waals surface area contributed by atoms with Gasteiger partial charge in [-0.15, -0.1) is 0 Å². The number of rotatable bonds is 2. The zero-order chi connectivity index (χ0) is 12.4. The Bertz CT molecular complexity index is 560. The van der Waals surface area contributed by atoms with Crippen LogP contribution in [0.15, 0.2) is 30.5 Å². The average Bonchev–Trinajstić information content (AvgIpc) is 2.27. The third kappa shape index (κ3) is 2.78. The van der Waals surface area contributed by atoms with E-state index in [1.807, 2.05) is 0 Å². The summed E-state index contributed by atoms with van der Waals surface area (Å²) in [5.41, 5.74) is 6.60. The highest BCUT2D eigenvalue weighted by Crippen LogP contribution is 2.25. The number of nitrogen functional groups attached to an aromatic ring is 1. The van der Waals surface area contributed by atoms with Gasteiger partial charge in [0.2, 0.25) is 0 Å². The predicted octanol–water partition coefficient (Wildman–Crippen LogP) is 3.85. The molecule has 0 radical (unpaired) electrons. The van der Waals surface area contributed by atoms with E-state index in [9.17, 15) is 4.39 Å². The van der Waals surface area contributed by atoms with E-state index < -0.39 is 5.82 Å². The van der Waals surface area contributed by atoms with E-state index in [2.05, 4.69) is 10.3 Å². The molecule has 0 fully saturated rings. The molecule has 0 amide bonds. The third-order valence-electron chi connectivity index (χ3n) is 2.07. The standard InChI is InChI=1S/C11H8Cl2FN3/c12-6-3-10(15)11(16-5-6)17-7-1-2-8(13)9(14)4-7/h1-5H,15H2,(H,16,17). The van der Waals surface area contributed by atoms with Crippen molar-refractivity contribution in [1.82, 2.24) is 4.98 Å². The summed E-state index contributed by atoms with van der Waals surface area (Å²) < 4.78 is 13.2. The monoisotopic (exact) mass is 271 g/mol. The van der Waals surface area contributed by atoms with Crippen LogP contribution in [-0.4, -0.2) is 4.98 Å². The summed E-state index contributed by atoms with van der Waals surface area (Å²) in [6.45, 7) is 0. The van der Waals surface area contributed by atoms with Gasteiger partial charge in [-0.2, -0.15) is 0 Å². The normalized spacial score (nSPS) is 10.3. The lowest BCUT2D eigenvalue weighted by Gasteiger charge is -2.08. The molecular formula is C11H8Cl2FN3. The summed E-state index contributed by atoms with van der Waals surface area (Å²) in [6.07, 6.45) is 1.45. The van der Waals surface area contributed by atoms with E-state index in [0.717, 1.165) is 0 Å². The van der Waals surface area contributed by atoms with Crippen molar-refractivity contribution in [1.29, 1.82) is 0 Å². The minimum Gasteiger partial charge on any atom is -0.396 e. The van der Waals surface area contributed by atoms with Crippen LogP contribution in [0.4, 0.5) is 21.6 Å². The molecule has 2 rings (SSSR count). The van der Waals surface area contributed by atoms with Crippen LogP contribution in [-0.2, 0) is 0 Å². The molecule has 0 spiro atoms. The maximum Gasteiger partial charge on any atom is 0.153 e. The molecule has 0 saturated heterocycles. The number of pyridine rings is 1. The first-order chi connectivity index (χ1) is 8.06. The van der Waals surface area contributed by atoms with Crippen molar-refractivity contribution < 1.29 is 4.39 Å². The maximum atomic E-state index is 13.2. The molecule has 0 aliphatic rings. The Morgan fingerprint density at radius 3 is 2.65 bits per heavy atom. The number of nitrogens with zero attached hydrogens (tertiary/aromatic N) is 1. The number of anilines is 3. The molecule has 1 heterocycles. The lowest BCUT2D eigenvalue weighted by Crippen LogP contribution is -1.99. The Hall–Kier alpha value is -1.52. The van der Waals surface area contributed by atoms with Gasteiger partial charge < -0.3 is 11.1 Å². The van der Waals surface area contributed by atoms with Crippen molar-refractivity contribution in [2.24, 2.45) is 0 Å². The maximum absolute atomic E-state index is 13.2. The van der Waals surface area contributed by atoms with Crippen LogP contribution < -0.4 is 11.1 Å². The van der Waals surface area contributed by atoms with Gasteiger partial charge in [0.1, 0.15) is 5.82 Å². The molecule has 0 bridgehead atoms. The van der Waals surface area contributed by atoms with Crippen molar-refractivity contribution >= 4 is 40.4 Å². The number of nitrogens with two attached hydrogens (primary N) is 1. The van der Waals surface area contributed by atoms with Gasteiger partial charge in [0.15, 0.2) is 5.82 Å². The van der Waals surface area contributed by atoms with Gasteiger partial charge in [-0.1, -0.05) is 23.2 Å². The highest BCUT2D eigenvalue weighted by atomic mass is 35.5. The van der Waals surface area contributed by atoms with Gasteiger partial charge in [0.25, 0.3) is 0 Å². The number of nitrogens with one attached hydrogen (secondary N) is 1. The van der Waals surface area contributed by atoms with E-state index in [4.69, 9.17) is 28.9 Å². The van der Waals surface area contributed by atoms with Gasteiger partial charge in [-0.05, 0) is 24.3 Å².